The Morgan fingerprint density at radius 2 is 2.05 bits per heavy atom. The number of halogens is 1. The predicted molar refractivity (Wildman–Crippen MR) is 78.8 cm³/mol. The van der Waals surface area contributed by atoms with Gasteiger partial charge < -0.3 is 10.0 Å². The van der Waals surface area contributed by atoms with Crippen molar-refractivity contribution in [2.45, 2.75) is 38.1 Å². The van der Waals surface area contributed by atoms with E-state index in [1.807, 2.05) is 0 Å². The van der Waals surface area contributed by atoms with E-state index in [-0.39, 0.29) is 36.1 Å². The van der Waals surface area contributed by atoms with E-state index in [0.29, 0.717) is 12.0 Å². The Bertz CT molecular complexity index is 599. The average molecular weight is 305 g/mol. The van der Waals surface area contributed by atoms with Crippen LogP contribution in [0.25, 0.3) is 0 Å². The fraction of sp³-hybridized carbons (Fsp3) is 0.529. The van der Waals surface area contributed by atoms with Gasteiger partial charge in [0.15, 0.2) is 0 Å². The van der Waals surface area contributed by atoms with Gasteiger partial charge >= 0.3 is 5.97 Å². The smallest absolute Gasteiger partial charge is 0.308 e. The monoisotopic (exact) mass is 305 g/mol. The molecule has 22 heavy (non-hydrogen) atoms. The highest BCUT2D eigenvalue weighted by atomic mass is 19.1. The summed E-state index contributed by atoms with van der Waals surface area (Å²) in [6.45, 7) is 1.87. The lowest BCUT2D eigenvalue weighted by Crippen LogP contribution is -2.39. The van der Waals surface area contributed by atoms with Gasteiger partial charge in [-0.15, -0.1) is 0 Å². The number of carboxylic acids is 1. The Hall–Kier alpha value is -1.91. The molecule has 0 spiro atoms. The van der Waals surface area contributed by atoms with E-state index in [1.165, 1.54) is 6.07 Å². The van der Waals surface area contributed by atoms with Gasteiger partial charge in [0, 0.05) is 18.5 Å². The van der Waals surface area contributed by atoms with Gasteiger partial charge in [-0.3, -0.25) is 9.59 Å². The number of rotatable bonds is 6. The summed E-state index contributed by atoms with van der Waals surface area (Å²) in [5, 5.41) is 9.05. The second-order valence-corrected chi connectivity index (χ2v) is 6.43. The van der Waals surface area contributed by atoms with E-state index in [4.69, 9.17) is 5.11 Å². The van der Waals surface area contributed by atoms with Crippen LogP contribution in [0.15, 0.2) is 24.3 Å². The first-order valence-electron chi connectivity index (χ1n) is 7.76. The molecule has 0 bridgehead atoms. The largest absolute Gasteiger partial charge is 0.481 e. The number of amides is 1. The third-order valence-corrected chi connectivity index (χ3v) is 4.58. The van der Waals surface area contributed by atoms with Crippen LogP contribution in [0.1, 0.15) is 37.7 Å². The zero-order chi connectivity index (χ0) is 15.9. The van der Waals surface area contributed by atoms with Gasteiger partial charge in [0.1, 0.15) is 5.82 Å². The minimum absolute atomic E-state index is 0.0103. The number of hydrogen-bond donors (Lipinski definition) is 1. The first-order chi connectivity index (χ1) is 10.5. The van der Waals surface area contributed by atoms with E-state index in [1.54, 1.807) is 30.0 Å². The van der Waals surface area contributed by atoms with Crippen molar-refractivity contribution in [1.82, 2.24) is 4.90 Å². The second-order valence-electron chi connectivity index (χ2n) is 6.43. The molecule has 2 saturated carbocycles. The Balaban J connectivity index is 1.68. The Labute approximate surface area is 128 Å². The third kappa shape index (κ3) is 2.98. The SMILES string of the molecule is CC(CN(C(=O)C1CC1c1ccccc1F)C1CC1)C(=O)O. The molecule has 1 aromatic rings. The van der Waals surface area contributed by atoms with Crippen LogP contribution < -0.4 is 0 Å². The maximum absolute atomic E-state index is 13.8. The van der Waals surface area contributed by atoms with Gasteiger partial charge in [-0.25, -0.2) is 4.39 Å². The molecule has 2 aliphatic carbocycles. The van der Waals surface area contributed by atoms with E-state index >= 15 is 0 Å². The molecule has 0 saturated heterocycles. The molecule has 0 radical (unpaired) electrons. The summed E-state index contributed by atoms with van der Waals surface area (Å²) >= 11 is 0. The van der Waals surface area contributed by atoms with Crippen LogP contribution in [0.5, 0.6) is 0 Å². The molecule has 2 fully saturated rings. The van der Waals surface area contributed by atoms with Crippen molar-refractivity contribution in [3.8, 4) is 0 Å². The molecular weight excluding hydrogens is 285 g/mol. The minimum Gasteiger partial charge on any atom is -0.481 e. The quantitative estimate of drug-likeness (QED) is 0.879. The standard InChI is InChI=1S/C17H20FNO3/c1-10(17(21)22)9-19(11-6-7-11)16(20)14-8-13(14)12-4-2-3-5-15(12)18/h2-5,10-11,13-14H,6-9H2,1H3,(H,21,22). The molecule has 0 aromatic heterocycles. The van der Waals surface area contributed by atoms with Crippen LogP contribution >= 0.6 is 0 Å². The minimum atomic E-state index is -0.889. The molecular formula is C17H20FNO3. The summed E-state index contributed by atoms with van der Waals surface area (Å²) < 4.78 is 13.8. The third-order valence-electron chi connectivity index (χ3n) is 4.58. The van der Waals surface area contributed by atoms with Gasteiger partial charge in [0.2, 0.25) is 5.91 Å². The van der Waals surface area contributed by atoms with Gasteiger partial charge in [-0.2, -0.15) is 0 Å². The molecule has 0 heterocycles. The summed E-state index contributed by atoms with van der Waals surface area (Å²) in [4.78, 5) is 25.4. The number of carbonyl (C=O) groups is 2. The van der Waals surface area contributed by atoms with Gasteiger partial charge in [0.25, 0.3) is 0 Å². The predicted octanol–water partition coefficient (Wildman–Crippen LogP) is 2.64. The molecule has 1 N–H and O–H groups in total. The lowest BCUT2D eigenvalue weighted by molar-refractivity contribution is -0.143. The van der Waals surface area contributed by atoms with E-state index in [9.17, 15) is 14.0 Å². The van der Waals surface area contributed by atoms with Crippen molar-refractivity contribution >= 4 is 11.9 Å². The van der Waals surface area contributed by atoms with Crippen molar-refractivity contribution in [1.29, 1.82) is 0 Å². The van der Waals surface area contributed by atoms with E-state index < -0.39 is 11.9 Å². The summed E-state index contributed by atoms with van der Waals surface area (Å²) in [5.41, 5.74) is 0.600. The fourth-order valence-electron chi connectivity index (χ4n) is 2.98. The summed E-state index contributed by atoms with van der Waals surface area (Å²) in [6, 6.07) is 6.75. The van der Waals surface area contributed by atoms with Crippen molar-refractivity contribution in [3.05, 3.63) is 35.6 Å². The Morgan fingerprint density at radius 1 is 1.36 bits per heavy atom. The summed E-state index contributed by atoms with van der Waals surface area (Å²) in [6.07, 6.45) is 2.54. The van der Waals surface area contributed by atoms with Crippen LogP contribution in [0, 0.1) is 17.7 Å². The molecule has 5 heteroatoms. The van der Waals surface area contributed by atoms with Crippen LogP contribution in [0.2, 0.25) is 0 Å². The first-order valence-corrected chi connectivity index (χ1v) is 7.76. The molecule has 3 atom stereocenters. The van der Waals surface area contributed by atoms with Gasteiger partial charge in [-0.1, -0.05) is 25.1 Å². The molecule has 118 valence electrons. The van der Waals surface area contributed by atoms with Gasteiger partial charge in [-0.05, 0) is 36.8 Å². The Kier molecular flexibility index (Phi) is 3.89. The molecule has 3 unspecified atom stereocenters. The highest BCUT2D eigenvalue weighted by Crippen LogP contribution is 2.50. The van der Waals surface area contributed by atoms with Crippen LogP contribution in [0.4, 0.5) is 4.39 Å². The highest BCUT2D eigenvalue weighted by Gasteiger charge is 2.49. The summed E-state index contributed by atoms with van der Waals surface area (Å²) in [7, 11) is 0. The highest BCUT2D eigenvalue weighted by molar-refractivity contribution is 5.84. The maximum atomic E-state index is 13.8. The second kappa shape index (κ2) is 5.71. The summed E-state index contributed by atoms with van der Waals surface area (Å²) in [5.74, 6) is -1.99. The number of carboxylic acid groups (broad SMARTS) is 1. The zero-order valence-corrected chi connectivity index (χ0v) is 12.5. The van der Waals surface area contributed by atoms with Crippen LogP contribution in [0.3, 0.4) is 0 Å². The van der Waals surface area contributed by atoms with Gasteiger partial charge in [0.05, 0.1) is 5.92 Å². The maximum Gasteiger partial charge on any atom is 0.308 e. The Morgan fingerprint density at radius 3 is 2.64 bits per heavy atom. The fourth-order valence-corrected chi connectivity index (χ4v) is 2.98. The number of aliphatic carboxylic acids is 1. The zero-order valence-electron chi connectivity index (χ0n) is 12.5. The number of nitrogens with zero attached hydrogens (tertiary/aromatic N) is 1. The van der Waals surface area contributed by atoms with Crippen molar-refractivity contribution < 1.29 is 19.1 Å². The van der Waals surface area contributed by atoms with E-state index in [0.717, 1.165) is 12.8 Å². The lowest BCUT2D eigenvalue weighted by atomic mass is 10.1. The molecule has 3 rings (SSSR count). The normalized spacial score (nSPS) is 24.6. The number of hydrogen-bond acceptors (Lipinski definition) is 2. The molecule has 4 nitrogen and oxygen atoms in total. The van der Waals surface area contributed by atoms with Crippen LogP contribution in [-0.2, 0) is 9.59 Å². The van der Waals surface area contributed by atoms with E-state index in [2.05, 4.69) is 0 Å². The van der Waals surface area contributed by atoms with Crippen LogP contribution in [-0.4, -0.2) is 34.5 Å². The topological polar surface area (TPSA) is 57.6 Å². The molecule has 1 aromatic carbocycles. The van der Waals surface area contributed by atoms with Crippen molar-refractivity contribution in [2.75, 3.05) is 6.54 Å². The average Bonchev–Trinajstić information content (AvgIpc) is 3.37. The molecule has 1 amide bonds. The first kappa shape index (κ1) is 15.0. The van der Waals surface area contributed by atoms with Crippen molar-refractivity contribution in [2.24, 2.45) is 11.8 Å². The van der Waals surface area contributed by atoms with Crippen molar-refractivity contribution in [3.63, 3.8) is 0 Å². The number of benzene rings is 1. The lowest BCUT2D eigenvalue weighted by Gasteiger charge is -2.24. The molecule has 2 aliphatic rings. The molecule has 0 aliphatic heterocycles. The number of carbonyl (C=O) groups excluding carboxylic acids is 1.